The Morgan fingerprint density at radius 1 is 1.28 bits per heavy atom. The zero-order valence-corrected chi connectivity index (χ0v) is 10.7. The summed E-state index contributed by atoms with van der Waals surface area (Å²) in [6.45, 7) is 4.18. The Morgan fingerprint density at radius 3 is 2.72 bits per heavy atom. The molecule has 0 radical (unpaired) electrons. The fraction of sp³-hybridized carbons (Fsp3) is 0.308. The van der Waals surface area contributed by atoms with Crippen LogP contribution in [0.25, 0.3) is 11.4 Å². The van der Waals surface area contributed by atoms with Crippen LogP contribution in [0.3, 0.4) is 0 Å². The van der Waals surface area contributed by atoms with Gasteiger partial charge in [-0.15, -0.1) is 0 Å². The Morgan fingerprint density at radius 2 is 2.06 bits per heavy atom. The summed E-state index contributed by atoms with van der Waals surface area (Å²) >= 11 is 0. The maximum atomic E-state index is 5.68. The van der Waals surface area contributed by atoms with Crippen molar-refractivity contribution in [3.63, 3.8) is 0 Å². The molecule has 94 valence electrons. The molecule has 5 nitrogen and oxygen atoms in total. The molecule has 2 rings (SSSR count). The van der Waals surface area contributed by atoms with Crippen molar-refractivity contribution in [2.45, 2.75) is 19.8 Å². The summed E-state index contributed by atoms with van der Waals surface area (Å²) in [6.07, 6.45) is 3.40. The minimum absolute atomic E-state index is 0.357. The zero-order valence-electron chi connectivity index (χ0n) is 10.7. The van der Waals surface area contributed by atoms with Crippen LogP contribution in [0, 0.1) is 0 Å². The van der Waals surface area contributed by atoms with Gasteiger partial charge in [0.1, 0.15) is 0 Å². The van der Waals surface area contributed by atoms with E-state index in [1.54, 1.807) is 25.6 Å². The summed E-state index contributed by atoms with van der Waals surface area (Å²) in [5.74, 6) is 1.88. The van der Waals surface area contributed by atoms with E-state index in [9.17, 15) is 0 Å². The number of nitrogens with two attached hydrogens (primary N) is 1. The average Bonchev–Trinajstić information content (AvgIpc) is 2.39. The first kappa shape index (κ1) is 12.3. The minimum atomic E-state index is 0.357. The van der Waals surface area contributed by atoms with Gasteiger partial charge in [0.05, 0.1) is 7.11 Å². The summed E-state index contributed by atoms with van der Waals surface area (Å²) < 4.78 is 5.14. The molecule has 2 aromatic heterocycles. The normalized spacial score (nSPS) is 10.7. The third kappa shape index (κ3) is 2.40. The molecule has 2 heterocycles. The molecular formula is C13H16N4O. The van der Waals surface area contributed by atoms with Crippen LogP contribution < -0.4 is 10.5 Å². The number of aromatic nitrogens is 3. The van der Waals surface area contributed by atoms with Crippen molar-refractivity contribution in [3.8, 4) is 17.1 Å². The lowest BCUT2D eigenvalue weighted by atomic mass is 10.1. The van der Waals surface area contributed by atoms with Crippen molar-refractivity contribution in [3.05, 3.63) is 30.2 Å². The van der Waals surface area contributed by atoms with Crippen molar-refractivity contribution >= 4 is 5.82 Å². The number of rotatable bonds is 3. The van der Waals surface area contributed by atoms with Crippen LogP contribution in [0.15, 0.2) is 24.5 Å². The van der Waals surface area contributed by atoms with E-state index < -0.39 is 0 Å². The quantitative estimate of drug-likeness (QED) is 0.896. The predicted molar refractivity (Wildman–Crippen MR) is 70.3 cm³/mol. The number of methoxy groups -OCH3 is 1. The smallest absolute Gasteiger partial charge is 0.166 e. The van der Waals surface area contributed by atoms with Gasteiger partial charge in [-0.3, -0.25) is 0 Å². The van der Waals surface area contributed by atoms with E-state index in [-0.39, 0.29) is 0 Å². The van der Waals surface area contributed by atoms with Crippen molar-refractivity contribution < 1.29 is 4.74 Å². The largest absolute Gasteiger partial charge is 0.493 e. The molecule has 0 saturated heterocycles. The number of hydrogen-bond acceptors (Lipinski definition) is 5. The number of nitrogen functional groups attached to an aromatic ring is 1. The number of pyridine rings is 1. The molecule has 0 aliphatic rings. The van der Waals surface area contributed by atoms with Crippen molar-refractivity contribution in [2.75, 3.05) is 12.8 Å². The second-order valence-corrected chi connectivity index (χ2v) is 4.27. The molecule has 0 atom stereocenters. The lowest BCUT2D eigenvalue weighted by Crippen LogP contribution is -1.99. The highest BCUT2D eigenvalue weighted by Gasteiger charge is 2.09. The Bertz CT molecular complexity index is 554. The molecule has 0 spiro atoms. The highest BCUT2D eigenvalue weighted by molar-refractivity contribution is 5.61. The van der Waals surface area contributed by atoms with Crippen molar-refractivity contribution in [1.29, 1.82) is 0 Å². The van der Waals surface area contributed by atoms with Gasteiger partial charge in [-0.1, -0.05) is 13.8 Å². The van der Waals surface area contributed by atoms with Gasteiger partial charge in [-0.2, -0.15) is 0 Å². The summed E-state index contributed by atoms with van der Waals surface area (Å²) in [7, 11) is 1.56. The van der Waals surface area contributed by atoms with Crippen LogP contribution in [0.2, 0.25) is 0 Å². The Balaban J connectivity index is 2.45. The molecule has 2 N–H and O–H groups in total. The van der Waals surface area contributed by atoms with E-state index >= 15 is 0 Å². The summed E-state index contributed by atoms with van der Waals surface area (Å²) in [5, 5.41) is 0. The molecule has 0 amide bonds. The van der Waals surface area contributed by atoms with E-state index in [4.69, 9.17) is 10.5 Å². The lowest BCUT2D eigenvalue weighted by Gasteiger charge is -2.08. The molecule has 0 unspecified atom stereocenters. The lowest BCUT2D eigenvalue weighted by molar-refractivity contribution is 0.415. The first-order chi connectivity index (χ1) is 8.61. The van der Waals surface area contributed by atoms with Crippen LogP contribution in [-0.4, -0.2) is 22.1 Å². The predicted octanol–water partition coefficient (Wildman–Crippen LogP) is 2.25. The molecule has 0 aromatic carbocycles. The third-order valence-corrected chi connectivity index (χ3v) is 2.63. The SMILES string of the molecule is COc1cc(-c2nccc(C(C)C)n2)cnc1N. The van der Waals surface area contributed by atoms with E-state index in [1.165, 1.54) is 0 Å². The van der Waals surface area contributed by atoms with E-state index in [0.29, 0.717) is 23.3 Å². The fourth-order valence-corrected chi connectivity index (χ4v) is 1.57. The first-order valence-corrected chi connectivity index (χ1v) is 5.74. The van der Waals surface area contributed by atoms with Crippen LogP contribution in [0.4, 0.5) is 5.82 Å². The molecule has 0 aliphatic carbocycles. The Kier molecular flexibility index (Phi) is 3.41. The van der Waals surface area contributed by atoms with Gasteiger partial charge in [0.25, 0.3) is 0 Å². The second-order valence-electron chi connectivity index (χ2n) is 4.27. The van der Waals surface area contributed by atoms with Gasteiger partial charge in [0.2, 0.25) is 0 Å². The van der Waals surface area contributed by atoms with Gasteiger partial charge >= 0.3 is 0 Å². The molecule has 0 aliphatic heterocycles. The molecular weight excluding hydrogens is 228 g/mol. The van der Waals surface area contributed by atoms with Crippen LogP contribution in [0.5, 0.6) is 5.75 Å². The Hall–Kier alpha value is -2.17. The average molecular weight is 244 g/mol. The Labute approximate surface area is 106 Å². The molecule has 2 aromatic rings. The molecule has 0 saturated carbocycles. The highest BCUT2D eigenvalue weighted by atomic mass is 16.5. The highest BCUT2D eigenvalue weighted by Crippen LogP contribution is 2.25. The van der Waals surface area contributed by atoms with Crippen molar-refractivity contribution in [2.24, 2.45) is 0 Å². The van der Waals surface area contributed by atoms with E-state index in [2.05, 4.69) is 28.8 Å². The van der Waals surface area contributed by atoms with Crippen LogP contribution >= 0.6 is 0 Å². The number of nitrogens with zero attached hydrogens (tertiary/aromatic N) is 3. The van der Waals surface area contributed by atoms with Crippen molar-refractivity contribution in [1.82, 2.24) is 15.0 Å². The van der Waals surface area contributed by atoms with Gasteiger partial charge in [0, 0.05) is 23.7 Å². The molecule has 0 fully saturated rings. The monoisotopic (exact) mass is 244 g/mol. The molecule has 5 heteroatoms. The maximum absolute atomic E-state index is 5.68. The minimum Gasteiger partial charge on any atom is -0.493 e. The van der Waals surface area contributed by atoms with Crippen LogP contribution in [0.1, 0.15) is 25.5 Å². The number of hydrogen-bond donors (Lipinski definition) is 1. The van der Waals surface area contributed by atoms with Gasteiger partial charge in [-0.25, -0.2) is 15.0 Å². The second kappa shape index (κ2) is 5.00. The zero-order chi connectivity index (χ0) is 13.1. The van der Waals surface area contributed by atoms with E-state index in [1.807, 2.05) is 6.07 Å². The van der Waals surface area contributed by atoms with Gasteiger partial charge in [-0.05, 0) is 18.1 Å². The fourth-order valence-electron chi connectivity index (χ4n) is 1.57. The van der Waals surface area contributed by atoms with Gasteiger partial charge < -0.3 is 10.5 Å². The van der Waals surface area contributed by atoms with E-state index in [0.717, 1.165) is 11.3 Å². The summed E-state index contributed by atoms with van der Waals surface area (Å²) in [6, 6.07) is 3.71. The first-order valence-electron chi connectivity index (χ1n) is 5.74. The van der Waals surface area contributed by atoms with Crippen LogP contribution in [-0.2, 0) is 0 Å². The summed E-state index contributed by atoms with van der Waals surface area (Å²) in [4.78, 5) is 12.8. The third-order valence-electron chi connectivity index (χ3n) is 2.63. The van der Waals surface area contributed by atoms with Gasteiger partial charge in [0.15, 0.2) is 17.4 Å². The molecule has 18 heavy (non-hydrogen) atoms. The number of ether oxygens (including phenoxy) is 1. The maximum Gasteiger partial charge on any atom is 0.166 e. The summed E-state index contributed by atoms with van der Waals surface area (Å²) in [5.41, 5.74) is 7.47. The standard InChI is InChI=1S/C13H16N4O/c1-8(2)10-4-5-15-13(17-10)9-6-11(18-3)12(14)16-7-9/h4-8H,1-3H3,(H2,14,16). The molecule has 0 bridgehead atoms. The number of anilines is 1. The topological polar surface area (TPSA) is 73.9 Å².